The van der Waals surface area contributed by atoms with Crippen molar-refractivity contribution in [2.45, 2.75) is 52.1 Å². The number of carbonyl (C=O) groups excluding carboxylic acids is 3. The average molecular weight is 380 g/mol. The Labute approximate surface area is 160 Å². The van der Waals surface area contributed by atoms with Crippen molar-refractivity contribution in [3.05, 3.63) is 35.6 Å². The third-order valence-electron chi connectivity index (χ3n) is 3.68. The Balaban J connectivity index is 2.19. The van der Waals surface area contributed by atoms with Gasteiger partial charge in [-0.3, -0.25) is 14.4 Å². The Morgan fingerprint density at radius 1 is 1.07 bits per heavy atom. The van der Waals surface area contributed by atoms with Crippen LogP contribution in [-0.2, 0) is 14.3 Å². The summed E-state index contributed by atoms with van der Waals surface area (Å²) >= 11 is 0. The van der Waals surface area contributed by atoms with E-state index in [0.717, 1.165) is 0 Å². The summed E-state index contributed by atoms with van der Waals surface area (Å²) in [6, 6.07) is 5.28. The van der Waals surface area contributed by atoms with Gasteiger partial charge in [0.15, 0.2) is 0 Å². The van der Waals surface area contributed by atoms with E-state index in [0.29, 0.717) is 37.9 Å². The minimum atomic E-state index is -0.503. The minimum absolute atomic E-state index is 0.0461. The number of hydrogen-bond acceptors (Lipinski definition) is 4. The van der Waals surface area contributed by atoms with Gasteiger partial charge < -0.3 is 15.0 Å². The number of nitrogens with one attached hydrogen (secondary N) is 1. The minimum Gasteiger partial charge on any atom is -0.460 e. The Bertz CT molecular complexity index is 638. The second-order valence-corrected chi connectivity index (χ2v) is 7.37. The first-order chi connectivity index (χ1) is 12.6. The van der Waals surface area contributed by atoms with Crippen LogP contribution < -0.4 is 5.32 Å². The summed E-state index contributed by atoms with van der Waals surface area (Å²) in [6.45, 7) is 6.27. The Hall–Kier alpha value is -2.44. The molecule has 0 radical (unpaired) electrons. The van der Waals surface area contributed by atoms with Crippen LogP contribution in [0.15, 0.2) is 24.3 Å². The van der Waals surface area contributed by atoms with Crippen molar-refractivity contribution in [2.75, 3.05) is 20.1 Å². The van der Waals surface area contributed by atoms with Gasteiger partial charge in [-0.2, -0.15) is 0 Å². The number of esters is 1. The van der Waals surface area contributed by atoms with Crippen LogP contribution in [0.1, 0.15) is 56.8 Å². The molecular formula is C20H29FN2O4. The molecule has 0 aliphatic carbocycles. The summed E-state index contributed by atoms with van der Waals surface area (Å²) in [5.41, 5.74) is -0.126. The highest BCUT2D eigenvalue weighted by Crippen LogP contribution is 2.09. The third-order valence-corrected chi connectivity index (χ3v) is 3.68. The van der Waals surface area contributed by atoms with E-state index in [4.69, 9.17) is 4.74 Å². The number of ether oxygens (including phenoxy) is 1. The maximum atomic E-state index is 12.8. The fraction of sp³-hybridized carbons (Fsp3) is 0.550. The molecule has 1 aromatic carbocycles. The summed E-state index contributed by atoms with van der Waals surface area (Å²) in [4.78, 5) is 37.1. The standard InChI is InChI=1S/C20H29FN2O4/c1-20(2,3)27-18(25)8-6-14-23(4)17(24)7-5-13-22-19(26)15-9-11-16(21)12-10-15/h9-12H,5-8,13-14H2,1-4H3,(H,22,26). The predicted octanol–water partition coefficient (Wildman–Crippen LogP) is 2.92. The molecule has 2 amide bonds. The number of benzene rings is 1. The second-order valence-electron chi connectivity index (χ2n) is 7.37. The van der Waals surface area contributed by atoms with Crippen molar-refractivity contribution in [2.24, 2.45) is 0 Å². The van der Waals surface area contributed by atoms with Crippen LogP contribution in [0.5, 0.6) is 0 Å². The SMILES string of the molecule is CN(CCCC(=O)OC(C)(C)C)C(=O)CCCNC(=O)c1ccc(F)cc1. The molecule has 0 saturated heterocycles. The lowest BCUT2D eigenvalue weighted by Gasteiger charge is -2.20. The normalized spacial score (nSPS) is 11.0. The van der Waals surface area contributed by atoms with Crippen molar-refractivity contribution >= 4 is 17.8 Å². The zero-order chi connectivity index (χ0) is 20.4. The molecule has 1 rings (SSSR count). The zero-order valence-corrected chi connectivity index (χ0v) is 16.5. The zero-order valence-electron chi connectivity index (χ0n) is 16.5. The van der Waals surface area contributed by atoms with E-state index in [9.17, 15) is 18.8 Å². The second kappa shape index (κ2) is 10.6. The highest BCUT2D eigenvalue weighted by molar-refractivity contribution is 5.94. The maximum Gasteiger partial charge on any atom is 0.306 e. The van der Waals surface area contributed by atoms with Crippen molar-refractivity contribution in [3.63, 3.8) is 0 Å². The van der Waals surface area contributed by atoms with E-state index in [1.54, 1.807) is 11.9 Å². The van der Waals surface area contributed by atoms with Gasteiger partial charge in [-0.25, -0.2) is 4.39 Å². The van der Waals surface area contributed by atoms with Gasteiger partial charge in [0.2, 0.25) is 5.91 Å². The first-order valence-corrected chi connectivity index (χ1v) is 9.08. The monoisotopic (exact) mass is 380 g/mol. The molecule has 0 fully saturated rings. The average Bonchev–Trinajstić information content (AvgIpc) is 2.57. The summed E-state index contributed by atoms with van der Waals surface area (Å²) in [5, 5.41) is 2.70. The summed E-state index contributed by atoms with van der Waals surface area (Å²) in [5.74, 6) is -1.01. The van der Waals surface area contributed by atoms with E-state index in [2.05, 4.69) is 5.32 Å². The van der Waals surface area contributed by atoms with Gasteiger partial charge in [-0.05, 0) is 57.9 Å². The quantitative estimate of drug-likeness (QED) is 0.528. The number of amides is 2. The van der Waals surface area contributed by atoms with Gasteiger partial charge in [0, 0.05) is 38.5 Å². The number of carbonyl (C=O) groups is 3. The van der Waals surface area contributed by atoms with Crippen molar-refractivity contribution < 1.29 is 23.5 Å². The molecule has 150 valence electrons. The van der Waals surface area contributed by atoms with Gasteiger partial charge >= 0.3 is 5.97 Å². The summed E-state index contributed by atoms with van der Waals surface area (Å²) in [7, 11) is 1.69. The molecule has 0 saturated carbocycles. The van der Waals surface area contributed by atoms with Gasteiger partial charge in [0.25, 0.3) is 5.91 Å². The van der Waals surface area contributed by atoms with E-state index in [1.165, 1.54) is 24.3 Å². The topological polar surface area (TPSA) is 75.7 Å². The van der Waals surface area contributed by atoms with E-state index >= 15 is 0 Å². The van der Waals surface area contributed by atoms with Crippen LogP contribution >= 0.6 is 0 Å². The Morgan fingerprint density at radius 2 is 1.70 bits per heavy atom. The molecule has 0 spiro atoms. The molecule has 1 aromatic rings. The molecule has 27 heavy (non-hydrogen) atoms. The van der Waals surface area contributed by atoms with E-state index in [1.807, 2.05) is 20.8 Å². The van der Waals surface area contributed by atoms with Crippen LogP contribution in [0.3, 0.4) is 0 Å². The fourth-order valence-electron chi connectivity index (χ4n) is 2.31. The highest BCUT2D eigenvalue weighted by Gasteiger charge is 2.16. The molecule has 0 aliphatic heterocycles. The number of halogens is 1. The van der Waals surface area contributed by atoms with E-state index < -0.39 is 11.4 Å². The third kappa shape index (κ3) is 9.72. The Kier molecular flexibility index (Phi) is 8.91. The molecular weight excluding hydrogens is 351 g/mol. The number of nitrogens with zero attached hydrogens (tertiary/aromatic N) is 1. The Morgan fingerprint density at radius 3 is 2.30 bits per heavy atom. The molecule has 6 nitrogen and oxygen atoms in total. The van der Waals surface area contributed by atoms with Gasteiger partial charge in [0.1, 0.15) is 11.4 Å². The lowest BCUT2D eigenvalue weighted by molar-refractivity contribution is -0.155. The molecule has 0 aliphatic rings. The lowest BCUT2D eigenvalue weighted by atomic mass is 10.2. The number of rotatable bonds is 9. The smallest absolute Gasteiger partial charge is 0.306 e. The molecule has 0 heterocycles. The first kappa shape index (κ1) is 22.6. The van der Waals surface area contributed by atoms with Crippen LogP contribution in [-0.4, -0.2) is 48.4 Å². The number of hydrogen-bond donors (Lipinski definition) is 1. The fourth-order valence-corrected chi connectivity index (χ4v) is 2.31. The summed E-state index contributed by atoms with van der Waals surface area (Å²) in [6.07, 6.45) is 1.61. The molecule has 0 aromatic heterocycles. The van der Waals surface area contributed by atoms with Crippen LogP contribution in [0.25, 0.3) is 0 Å². The first-order valence-electron chi connectivity index (χ1n) is 9.08. The van der Waals surface area contributed by atoms with Gasteiger partial charge in [-0.15, -0.1) is 0 Å². The molecule has 0 unspecified atom stereocenters. The molecule has 0 bridgehead atoms. The van der Waals surface area contributed by atoms with Crippen molar-refractivity contribution in [1.82, 2.24) is 10.2 Å². The molecule has 1 N–H and O–H groups in total. The van der Waals surface area contributed by atoms with Crippen LogP contribution in [0, 0.1) is 5.82 Å². The van der Waals surface area contributed by atoms with Gasteiger partial charge in [-0.1, -0.05) is 0 Å². The van der Waals surface area contributed by atoms with Crippen LogP contribution in [0.4, 0.5) is 4.39 Å². The molecule has 7 heteroatoms. The highest BCUT2D eigenvalue weighted by atomic mass is 19.1. The van der Waals surface area contributed by atoms with Crippen molar-refractivity contribution in [1.29, 1.82) is 0 Å². The lowest BCUT2D eigenvalue weighted by Crippen LogP contribution is -2.30. The predicted molar refractivity (Wildman–Crippen MR) is 101 cm³/mol. The van der Waals surface area contributed by atoms with E-state index in [-0.39, 0.29) is 24.2 Å². The largest absolute Gasteiger partial charge is 0.460 e. The maximum absolute atomic E-state index is 12.8. The van der Waals surface area contributed by atoms with Gasteiger partial charge in [0.05, 0.1) is 0 Å². The van der Waals surface area contributed by atoms with Crippen LogP contribution in [0.2, 0.25) is 0 Å². The summed E-state index contributed by atoms with van der Waals surface area (Å²) < 4.78 is 18.0. The van der Waals surface area contributed by atoms with Crippen molar-refractivity contribution in [3.8, 4) is 0 Å². The molecule has 0 atom stereocenters.